The SMILES string of the molecule is CC1=C(CCC(=O)O)C2CC3NC(CC4NC(CC5NC(CC1N2)C(C)=C5C(C)O)C(C)=C4C(C)O)C(C)C3CCC(=O)O. The van der Waals surface area contributed by atoms with Gasteiger partial charge >= 0.3 is 11.9 Å². The van der Waals surface area contributed by atoms with Gasteiger partial charge in [0.25, 0.3) is 0 Å². The molecule has 5 aliphatic heterocycles. The van der Waals surface area contributed by atoms with Crippen LogP contribution in [0.1, 0.15) is 92.9 Å². The fourth-order valence-corrected chi connectivity index (χ4v) is 9.50. The second-order valence-electron chi connectivity index (χ2n) is 14.3. The number of aliphatic carboxylic acids is 2. The first-order chi connectivity index (χ1) is 20.8. The van der Waals surface area contributed by atoms with Gasteiger partial charge in [0, 0.05) is 61.2 Å². The van der Waals surface area contributed by atoms with Gasteiger partial charge in [-0.3, -0.25) is 9.59 Å². The van der Waals surface area contributed by atoms with Crippen LogP contribution in [0.15, 0.2) is 33.4 Å². The number of carboxylic acid groups (broad SMARTS) is 2. The van der Waals surface area contributed by atoms with Gasteiger partial charge in [-0.15, -0.1) is 0 Å². The van der Waals surface area contributed by atoms with Gasteiger partial charge in [0.15, 0.2) is 0 Å². The molecular weight excluding hydrogens is 560 g/mol. The molecule has 44 heavy (non-hydrogen) atoms. The van der Waals surface area contributed by atoms with E-state index in [2.05, 4.69) is 49.0 Å². The van der Waals surface area contributed by atoms with Crippen LogP contribution < -0.4 is 21.3 Å². The predicted molar refractivity (Wildman–Crippen MR) is 169 cm³/mol. The van der Waals surface area contributed by atoms with Gasteiger partial charge in [-0.1, -0.05) is 29.2 Å². The van der Waals surface area contributed by atoms with E-state index in [0.29, 0.717) is 12.8 Å². The number of nitrogens with one attached hydrogen (secondary N) is 4. The number of hydrogen-bond donors (Lipinski definition) is 8. The molecule has 5 rings (SSSR count). The highest BCUT2D eigenvalue weighted by molar-refractivity contribution is 5.67. The number of carboxylic acids is 2. The quantitative estimate of drug-likeness (QED) is 0.191. The van der Waals surface area contributed by atoms with Crippen LogP contribution in [0.25, 0.3) is 0 Å². The molecule has 8 N–H and O–H groups in total. The first-order valence-corrected chi connectivity index (χ1v) is 16.7. The lowest BCUT2D eigenvalue weighted by atomic mass is 9.80. The summed E-state index contributed by atoms with van der Waals surface area (Å²) in [5, 5.41) is 56.5. The van der Waals surface area contributed by atoms with Gasteiger partial charge < -0.3 is 41.7 Å². The lowest BCUT2D eigenvalue weighted by Crippen LogP contribution is -2.46. The largest absolute Gasteiger partial charge is 0.481 e. The number of aliphatic hydroxyl groups is 2. The molecule has 5 heterocycles. The average molecular weight is 615 g/mol. The van der Waals surface area contributed by atoms with Gasteiger partial charge in [-0.05, 0) is 96.1 Å². The highest BCUT2D eigenvalue weighted by atomic mass is 16.4. The van der Waals surface area contributed by atoms with Crippen molar-refractivity contribution in [3.8, 4) is 0 Å². The maximum absolute atomic E-state index is 11.7. The van der Waals surface area contributed by atoms with Gasteiger partial charge in [0.1, 0.15) is 0 Å². The van der Waals surface area contributed by atoms with Gasteiger partial charge in [0.05, 0.1) is 12.2 Å². The minimum Gasteiger partial charge on any atom is -0.481 e. The van der Waals surface area contributed by atoms with Crippen LogP contribution in [-0.4, -0.2) is 92.9 Å². The molecule has 0 aromatic rings. The summed E-state index contributed by atoms with van der Waals surface area (Å²) >= 11 is 0. The molecule has 12 atom stereocenters. The van der Waals surface area contributed by atoms with Crippen molar-refractivity contribution < 1.29 is 30.0 Å². The third-order valence-corrected chi connectivity index (χ3v) is 11.7. The molecule has 0 radical (unpaired) electrons. The van der Waals surface area contributed by atoms with Crippen LogP contribution in [0.2, 0.25) is 0 Å². The Morgan fingerprint density at radius 2 is 1.16 bits per heavy atom. The van der Waals surface area contributed by atoms with E-state index in [-0.39, 0.29) is 73.0 Å². The molecule has 2 fully saturated rings. The minimum absolute atomic E-state index is 0.00405. The fraction of sp³-hybridized carbons (Fsp3) is 0.765. The second kappa shape index (κ2) is 13.3. The van der Waals surface area contributed by atoms with Crippen LogP contribution in [-0.2, 0) is 9.59 Å². The second-order valence-corrected chi connectivity index (χ2v) is 14.3. The zero-order valence-corrected chi connectivity index (χ0v) is 27.2. The maximum Gasteiger partial charge on any atom is 0.303 e. The van der Waals surface area contributed by atoms with Gasteiger partial charge in [-0.25, -0.2) is 0 Å². The third-order valence-electron chi connectivity index (χ3n) is 11.7. The van der Waals surface area contributed by atoms with E-state index in [4.69, 9.17) is 0 Å². The van der Waals surface area contributed by atoms with Crippen molar-refractivity contribution >= 4 is 11.9 Å². The Morgan fingerprint density at radius 1 is 0.682 bits per heavy atom. The van der Waals surface area contributed by atoms with E-state index in [1.807, 2.05) is 13.8 Å². The fourth-order valence-electron chi connectivity index (χ4n) is 9.50. The maximum atomic E-state index is 11.7. The van der Waals surface area contributed by atoms with Crippen molar-refractivity contribution in [1.29, 1.82) is 0 Å². The van der Waals surface area contributed by atoms with Gasteiger partial charge in [-0.2, -0.15) is 0 Å². The molecule has 0 aromatic heterocycles. The van der Waals surface area contributed by atoms with Crippen LogP contribution in [0, 0.1) is 11.8 Å². The molecule has 5 aliphatic rings. The number of rotatable bonds is 8. The molecule has 246 valence electrons. The number of fused-ring (bicyclic) bond motifs is 8. The van der Waals surface area contributed by atoms with Crippen molar-refractivity contribution in [2.75, 3.05) is 0 Å². The van der Waals surface area contributed by atoms with Gasteiger partial charge in [0.2, 0.25) is 0 Å². The molecule has 0 aromatic carbocycles. The molecule has 10 nitrogen and oxygen atoms in total. The Kier molecular flexibility index (Phi) is 10.1. The van der Waals surface area contributed by atoms with Crippen LogP contribution in [0.4, 0.5) is 0 Å². The molecule has 8 bridgehead atoms. The van der Waals surface area contributed by atoms with Crippen molar-refractivity contribution in [3.05, 3.63) is 33.4 Å². The summed E-state index contributed by atoms with van der Waals surface area (Å²) in [7, 11) is 0. The first-order valence-electron chi connectivity index (χ1n) is 16.7. The van der Waals surface area contributed by atoms with Crippen molar-refractivity contribution in [2.45, 2.75) is 153 Å². The zero-order chi connectivity index (χ0) is 32.0. The molecule has 2 saturated heterocycles. The number of aliphatic hydroxyl groups excluding tert-OH is 2. The average Bonchev–Trinajstić information content (AvgIpc) is 3.59. The van der Waals surface area contributed by atoms with E-state index in [9.17, 15) is 30.0 Å². The molecule has 10 heteroatoms. The molecule has 0 aliphatic carbocycles. The standard InChI is InChI=1S/C34H54N4O6/c1-15-21(7-9-31(41)42)27-14-28-22(8-10-32(43)44)16(2)24(36-28)12-29-34(20(6)40)18(4)26(38-29)13-30-33(19(5)39)17(3)25(37-30)11-23(15)35-27/h16,19-20,22-30,35-40H,7-14H2,1-6H3,(H,41,42)(H,43,44). The van der Waals surface area contributed by atoms with E-state index in [1.54, 1.807) is 0 Å². The van der Waals surface area contributed by atoms with Crippen LogP contribution in [0.5, 0.6) is 0 Å². The monoisotopic (exact) mass is 614 g/mol. The van der Waals surface area contributed by atoms with Crippen molar-refractivity contribution in [2.24, 2.45) is 11.8 Å². The molecular formula is C34H54N4O6. The summed E-state index contributed by atoms with van der Waals surface area (Å²) in [6, 6.07) is 0.414. The highest BCUT2D eigenvalue weighted by Gasteiger charge is 2.46. The van der Waals surface area contributed by atoms with E-state index in [1.165, 1.54) is 22.3 Å². The predicted octanol–water partition coefficient (Wildman–Crippen LogP) is 2.62. The van der Waals surface area contributed by atoms with Crippen molar-refractivity contribution in [1.82, 2.24) is 21.3 Å². The Balaban J connectivity index is 1.53. The lowest BCUT2D eigenvalue weighted by Gasteiger charge is -2.28. The molecule has 0 spiro atoms. The van der Waals surface area contributed by atoms with Crippen LogP contribution >= 0.6 is 0 Å². The summed E-state index contributed by atoms with van der Waals surface area (Å²) < 4.78 is 0. The van der Waals surface area contributed by atoms with E-state index < -0.39 is 24.1 Å². The Hall–Kier alpha value is -2.08. The summed E-state index contributed by atoms with van der Waals surface area (Å²) in [5.74, 6) is -1.19. The van der Waals surface area contributed by atoms with Crippen LogP contribution in [0.3, 0.4) is 0 Å². The molecule has 12 unspecified atom stereocenters. The first kappa shape index (κ1) is 33.3. The summed E-state index contributed by atoms with van der Waals surface area (Å²) in [6.45, 7) is 12.3. The normalized spacial score (nSPS) is 38.9. The summed E-state index contributed by atoms with van der Waals surface area (Å²) in [6.07, 6.45) is 3.23. The lowest BCUT2D eigenvalue weighted by molar-refractivity contribution is -0.138. The zero-order valence-electron chi connectivity index (χ0n) is 27.2. The minimum atomic E-state index is -0.807. The smallest absolute Gasteiger partial charge is 0.303 e. The van der Waals surface area contributed by atoms with Crippen molar-refractivity contribution in [3.63, 3.8) is 0 Å². The topological polar surface area (TPSA) is 163 Å². The summed E-state index contributed by atoms with van der Waals surface area (Å²) in [5.41, 5.74) is 6.82. The summed E-state index contributed by atoms with van der Waals surface area (Å²) in [4.78, 5) is 23.3. The molecule has 0 amide bonds. The molecule has 0 saturated carbocycles. The Bertz CT molecular complexity index is 1220. The highest BCUT2D eigenvalue weighted by Crippen LogP contribution is 2.41. The number of carbonyl (C=O) groups is 2. The van der Waals surface area contributed by atoms with E-state index >= 15 is 0 Å². The third kappa shape index (κ3) is 6.57. The van der Waals surface area contributed by atoms with E-state index in [0.717, 1.165) is 36.8 Å². The Labute approximate surface area is 261 Å². The number of hydrogen-bond acceptors (Lipinski definition) is 8. The Morgan fingerprint density at radius 3 is 1.70 bits per heavy atom.